The highest BCUT2D eigenvalue weighted by atomic mass is 16.5. The van der Waals surface area contributed by atoms with Gasteiger partial charge in [-0.25, -0.2) is 0 Å². The van der Waals surface area contributed by atoms with E-state index < -0.39 is 6.10 Å². The minimum absolute atomic E-state index is 0.0358. The number of rotatable bonds is 8. The van der Waals surface area contributed by atoms with Gasteiger partial charge in [0.15, 0.2) is 6.10 Å². The summed E-state index contributed by atoms with van der Waals surface area (Å²) in [7, 11) is 0. The van der Waals surface area contributed by atoms with E-state index in [4.69, 9.17) is 4.74 Å². The number of carbonyl (C=O) groups excluding carboxylic acids is 1. The van der Waals surface area contributed by atoms with Crippen LogP contribution in [-0.4, -0.2) is 43.1 Å². The molecule has 1 aromatic rings. The Bertz CT molecular complexity index is 536. The molecule has 0 saturated carbocycles. The van der Waals surface area contributed by atoms with Gasteiger partial charge in [-0.05, 0) is 56.2 Å². The van der Waals surface area contributed by atoms with Crippen LogP contribution in [0.5, 0.6) is 5.75 Å². The molecule has 0 bridgehead atoms. The van der Waals surface area contributed by atoms with Gasteiger partial charge in [0.05, 0.1) is 0 Å². The fourth-order valence-electron chi connectivity index (χ4n) is 3.79. The number of hydrogen-bond acceptors (Lipinski definition) is 3. The molecule has 4 nitrogen and oxygen atoms in total. The average molecular weight is 347 g/mol. The monoisotopic (exact) mass is 346 g/mol. The highest BCUT2D eigenvalue weighted by molar-refractivity contribution is 5.80. The minimum atomic E-state index is -0.470. The lowest BCUT2D eigenvalue weighted by Crippen LogP contribution is -2.41. The zero-order valence-electron chi connectivity index (χ0n) is 16.3. The van der Waals surface area contributed by atoms with Crippen LogP contribution >= 0.6 is 0 Å². The van der Waals surface area contributed by atoms with Gasteiger partial charge in [0.2, 0.25) is 0 Å². The van der Waals surface area contributed by atoms with E-state index in [-0.39, 0.29) is 5.91 Å². The third-order valence-electron chi connectivity index (χ3n) is 4.92. The van der Waals surface area contributed by atoms with Crippen LogP contribution in [0.3, 0.4) is 0 Å². The fourth-order valence-corrected chi connectivity index (χ4v) is 3.79. The van der Waals surface area contributed by atoms with Crippen molar-refractivity contribution in [2.75, 3.05) is 26.2 Å². The first-order valence-corrected chi connectivity index (χ1v) is 9.74. The quantitative estimate of drug-likeness (QED) is 0.733. The molecule has 0 unspecified atom stereocenters. The first-order valence-electron chi connectivity index (χ1n) is 9.74. The number of nitrogens with one attached hydrogen (secondary N) is 1. The van der Waals surface area contributed by atoms with Gasteiger partial charge >= 0.3 is 0 Å². The van der Waals surface area contributed by atoms with Crippen LogP contribution in [0, 0.1) is 11.8 Å². The van der Waals surface area contributed by atoms with Crippen molar-refractivity contribution in [1.29, 1.82) is 0 Å². The Morgan fingerprint density at radius 1 is 1.28 bits per heavy atom. The Labute approximate surface area is 152 Å². The van der Waals surface area contributed by atoms with Crippen molar-refractivity contribution in [2.45, 2.75) is 53.1 Å². The third-order valence-corrected chi connectivity index (χ3v) is 4.92. The van der Waals surface area contributed by atoms with Gasteiger partial charge in [0.1, 0.15) is 5.75 Å². The maximum Gasteiger partial charge on any atom is 0.260 e. The molecule has 1 aliphatic heterocycles. The molecule has 1 fully saturated rings. The van der Waals surface area contributed by atoms with Crippen molar-refractivity contribution in [1.82, 2.24) is 10.2 Å². The second-order valence-electron chi connectivity index (χ2n) is 7.57. The largest absolute Gasteiger partial charge is 0.481 e. The van der Waals surface area contributed by atoms with Crippen LogP contribution in [0.1, 0.15) is 46.1 Å². The summed E-state index contributed by atoms with van der Waals surface area (Å²) in [5, 5.41) is 3.01. The molecule has 0 radical (unpaired) electrons. The lowest BCUT2D eigenvalue weighted by atomic mass is 9.92. The summed E-state index contributed by atoms with van der Waals surface area (Å²) in [5.41, 5.74) is 1.13. The van der Waals surface area contributed by atoms with Crippen molar-refractivity contribution < 1.29 is 9.53 Å². The molecule has 4 heteroatoms. The lowest BCUT2D eigenvalue weighted by molar-refractivity contribution is -0.127. The molecule has 1 heterocycles. The standard InChI is InChI=1S/C21H34N2O2/c1-5-19-9-6-7-10-20(19)25-18(4)21(24)22-11-8-12-23-14-16(2)13-17(3)15-23/h6-7,9-10,16-18H,5,8,11-15H2,1-4H3,(H,22,24)/t16-,17-,18-/m1/s1. The predicted molar refractivity (Wildman–Crippen MR) is 103 cm³/mol. The number of hydrogen-bond donors (Lipinski definition) is 1. The number of para-hydroxylation sites is 1. The van der Waals surface area contributed by atoms with E-state index >= 15 is 0 Å². The number of likely N-dealkylation sites (tertiary alicyclic amines) is 1. The van der Waals surface area contributed by atoms with Crippen LogP contribution in [0.4, 0.5) is 0 Å². The van der Waals surface area contributed by atoms with Crippen LogP contribution in [0.2, 0.25) is 0 Å². The van der Waals surface area contributed by atoms with Crippen LogP contribution in [0.15, 0.2) is 24.3 Å². The van der Waals surface area contributed by atoms with Gasteiger partial charge in [0, 0.05) is 19.6 Å². The Kier molecular flexibility index (Phi) is 7.76. The van der Waals surface area contributed by atoms with Crippen LogP contribution in [0.25, 0.3) is 0 Å². The van der Waals surface area contributed by atoms with Gasteiger partial charge in [-0.1, -0.05) is 39.0 Å². The Morgan fingerprint density at radius 2 is 1.96 bits per heavy atom. The van der Waals surface area contributed by atoms with Gasteiger partial charge in [-0.15, -0.1) is 0 Å². The second kappa shape index (κ2) is 9.81. The van der Waals surface area contributed by atoms with E-state index in [2.05, 4.69) is 31.0 Å². The third kappa shape index (κ3) is 6.35. The Hall–Kier alpha value is -1.55. The highest BCUT2D eigenvalue weighted by Crippen LogP contribution is 2.21. The maximum absolute atomic E-state index is 12.3. The van der Waals surface area contributed by atoms with Crippen molar-refractivity contribution in [3.63, 3.8) is 0 Å². The topological polar surface area (TPSA) is 41.6 Å². The maximum atomic E-state index is 12.3. The Balaban J connectivity index is 1.69. The molecule has 2 rings (SSSR count). The summed E-state index contributed by atoms with van der Waals surface area (Å²) >= 11 is 0. The first kappa shape index (κ1) is 19.8. The summed E-state index contributed by atoms with van der Waals surface area (Å²) in [6.07, 6.45) is 2.75. The number of amides is 1. The molecule has 0 spiro atoms. The number of carbonyl (C=O) groups is 1. The highest BCUT2D eigenvalue weighted by Gasteiger charge is 2.21. The lowest BCUT2D eigenvalue weighted by Gasteiger charge is -2.34. The van der Waals surface area contributed by atoms with Crippen molar-refractivity contribution in [3.05, 3.63) is 29.8 Å². The first-order chi connectivity index (χ1) is 12.0. The van der Waals surface area contributed by atoms with E-state index in [0.29, 0.717) is 6.54 Å². The van der Waals surface area contributed by atoms with Crippen LogP contribution in [-0.2, 0) is 11.2 Å². The predicted octanol–water partition coefficient (Wildman–Crippen LogP) is 3.50. The van der Waals surface area contributed by atoms with Gasteiger partial charge in [0.25, 0.3) is 5.91 Å². The molecular formula is C21H34N2O2. The van der Waals surface area contributed by atoms with Crippen molar-refractivity contribution in [2.24, 2.45) is 11.8 Å². The summed E-state index contributed by atoms with van der Waals surface area (Å²) in [4.78, 5) is 14.8. The normalized spacial score (nSPS) is 22.4. The number of ether oxygens (including phenoxy) is 1. The van der Waals surface area contributed by atoms with Gasteiger partial charge in [-0.3, -0.25) is 4.79 Å². The average Bonchev–Trinajstić information content (AvgIpc) is 2.58. The molecular weight excluding hydrogens is 312 g/mol. The van der Waals surface area contributed by atoms with E-state index in [0.717, 1.165) is 42.5 Å². The van der Waals surface area contributed by atoms with Crippen molar-refractivity contribution in [3.8, 4) is 5.75 Å². The number of nitrogens with zero attached hydrogens (tertiary/aromatic N) is 1. The van der Waals surface area contributed by atoms with Crippen LogP contribution < -0.4 is 10.1 Å². The second-order valence-corrected chi connectivity index (χ2v) is 7.57. The molecule has 1 aliphatic rings. The number of piperidine rings is 1. The zero-order valence-corrected chi connectivity index (χ0v) is 16.3. The number of aryl methyl sites for hydroxylation is 1. The molecule has 140 valence electrons. The van der Waals surface area contributed by atoms with E-state index in [1.807, 2.05) is 31.2 Å². The zero-order chi connectivity index (χ0) is 18.2. The van der Waals surface area contributed by atoms with Gasteiger partial charge < -0.3 is 15.0 Å². The summed E-state index contributed by atoms with van der Waals surface area (Å²) in [6, 6.07) is 7.92. The van der Waals surface area contributed by atoms with E-state index in [1.54, 1.807) is 0 Å². The van der Waals surface area contributed by atoms with Gasteiger partial charge in [-0.2, -0.15) is 0 Å². The van der Waals surface area contributed by atoms with E-state index in [9.17, 15) is 4.79 Å². The fraction of sp³-hybridized carbons (Fsp3) is 0.667. The molecule has 3 atom stereocenters. The SMILES string of the molecule is CCc1ccccc1O[C@H](C)C(=O)NCCCN1C[C@H](C)C[C@@H](C)C1. The molecule has 1 aromatic carbocycles. The summed E-state index contributed by atoms with van der Waals surface area (Å²) in [5.74, 6) is 2.34. The molecule has 25 heavy (non-hydrogen) atoms. The minimum Gasteiger partial charge on any atom is -0.481 e. The molecule has 1 N–H and O–H groups in total. The van der Waals surface area contributed by atoms with Crippen molar-refractivity contribution >= 4 is 5.91 Å². The summed E-state index contributed by atoms with van der Waals surface area (Å²) < 4.78 is 5.85. The van der Waals surface area contributed by atoms with E-state index in [1.165, 1.54) is 19.5 Å². The Morgan fingerprint density at radius 3 is 2.64 bits per heavy atom. The smallest absolute Gasteiger partial charge is 0.260 e. The molecule has 1 amide bonds. The summed E-state index contributed by atoms with van der Waals surface area (Å²) in [6.45, 7) is 12.7. The number of benzene rings is 1. The molecule has 0 aliphatic carbocycles. The molecule has 1 saturated heterocycles. The molecule has 0 aromatic heterocycles.